The molecule has 0 unspecified atom stereocenters. The number of ketones is 1. The molecule has 1 aromatic carbocycles. The number of carbonyl (C=O) groups excluding carboxylic acids is 1. The molecule has 19 heavy (non-hydrogen) atoms. The van der Waals surface area contributed by atoms with Gasteiger partial charge in [-0.25, -0.2) is 0 Å². The summed E-state index contributed by atoms with van der Waals surface area (Å²) in [5.74, 6) is 0.149. The maximum Gasteiger partial charge on any atom is 0.246 e. The lowest BCUT2D eigenvalue weighted by atomic mass is 10.1. The van der Waals surface area contributed by atoms with Crippen molar-refractivity contribution >= 4 is 16.8 Å². The molecule has 3 aromatic rings. The molecule has 0 amide bonds. The monoisotopic (exact) mass is 251 g/mol. The van der Waals surface area contributed by atoms with Crippen LogP contribution in [-0.4, -0.2) is 10.8 Å². The van der Waals surface area contributed by atoms with E-state index in [1.54, 1.807) is 18.3 Å². The van der Waals surface area contributed by atoms with Gasteiger partial charge in [0, 0.05) is 11.6 Å². The molecule has 0 radical (unpaired) electrons. The molecular weight excluding hydrogens is 238 g/mol. The molecule has 0 spiro atoms. The lowest BCUT2D eigenvalue weighted by molar-refractivity contribution is 0.101. The first kappa shape index (κ1) is 11.7. The topological polar surface area (TPSA) is 43.1 Å². The lowest BCUT2D eigenvalue weighted by Gasteiger charge is -1.97. The summed E-state index contributed by atoms with van der Waals surface area (Å²) in [6, 6.07) is 11.2. The number of nitrogens with zero attached hydrogens (tertiary/aromatic N) is 1. The smallest absolute Gasteiger partial charge is 0.246 e. The molecular formula is C16H13NO2. The van der Waals surface area contributed by atoms with E-state index < -0.39 is 0 Å². The van der Waals surface area contributed by atoms with Gasteiger partial charge >= 0.3 is 0 Å². The Hall–Kier alpha value is -2.42. The molecule has 0 atom stereocenters. The zero-order chi connectivity index (χ0) is 13.4. The number of aryl methyl sites for hydroxylation is 2. The Balaban J connectivity index is 2.06. The van der Waals surface area contributed by atoms with Crippen molar-refractivity contribution in [3.8, 4) is 0 Å². The number of furan rings is 1. The van der Waals surface area contributed by atoms with Crippen molar-refractivity contribution in [1.29, 1.82) is 0 Å². The molecule has 0 aliphatic rings. The lowest BCUT2D eigenvalue weighted by Crippen LogP contribution is -2.02. The summed E-state index contributed by atoms with van der Waals surface area (Å²) >= 11 is 0. The van der Waals surface area contributed by atoms with Crippen LogP contribution in [-0.2, 0) is 0 Å². The summed E-state index contributed by atoms with van der Waals surface area (Å²) in [5.41, 5.74) is 3.28. The van der Waals surface area contributed by atoms with Crippen LogP contribution in [0.3, 0.4) is 0 Å². The highest BCUT2D eigenvalue weighted by molar-refractivity contribution is 6.07. The van der Waals surface area contributed by atoms with Crippen LogP contribution in [0.5, 0.6) is 0 Å². The molecule has 0 fully saturated rings. The minimum atomic E-state index is -0.183. The van der Waals surface area contributed by atoms with Crippen molar-refractivity contribution < 1.29 is 9.21 Å². The SMILES string of the molecule is Cc1ccnc(C(=O)c2cc3cc(C)ccc3o2)c1. The summed E-state index contributed by atoms with van der Waals surface area (Å²) < 4.78 is 5.59. The minimum Gasteiger partial charge on any atom is -0.453 e. The van der Waals surface area contributed by atoms with E-state index in [1.807, 2.05) is 38.1 Å². The van der Waals surface area contributed by atoms with Gasteiger partial charge in [-0.2, -0.15) is 0 Å². The van der Waals surface area contributed by atoms with E-state index in [9.17, 15) is 4.79 Å². The number of hydrogen-bond acceptors (Lipinski definition) is 3. The van der Waals surface area contributed by atoms with E-state index in [4.69, 9.17) is 4.42 Å². The van der Waals surface area contributed by atoms with Crippen LogP contribution in [0.25, 0.3) is 11.0 Å². The summed E-state index contributed by atoms with van der Waals surface area (Å²) in [4.78, 5) is 16.4. The highest BCUT2D eigenvalue weighted by Crippen LogP contribution is 2.22. The zero-order valence-electron chi connectivity index (χ0n) is 10.8. The van der Waals surface area contributed by atoms with E-state index in [0.29, 0.717) is 11.5 Å². The number of pyridine rings is 1. The van der Waals surface area contributed by atoms with E-state index in [2.05, 4.69) is 4.98 Å². The normalized spacial score (nSPS) is 10.8. The Morgan fingerprint density at radius 1 is 1.05 bits per heavy atom. The van der Waals surface area contributed by atoms with Gasteiger partial charge in [-0.1, -0.05) is 11.6 Å². The third kappa shape index (κ3) is 2.15. The molecule has 0 bridgehead atoms. The Morgan fingerprint density at radius 2 is 1.84 bits per heavy atom. The van der Waals surface area contributed by atoms with Gasteiger partial charge < -0.3 is 4.42 Å². The average molecular weight is 251 g/mol. The first-order valence-corrected chi connectivity index (χ1v) is 6.11. The van der Waals surface area contributed by atoms with E-state index >= 15 is 0 Å². The van der Waals surface area contributed by atoms with Crippen LogP contribution in [0.4, 0.5) is 0 Å². The second-order valence-corrected chi connectivity index (χ2v) is 4.70. The molecule has 3 heteroatoms. The molecule has 3 rings (SSSR count). The number of fused-ring (bicyclic) bond motifs is 1. The summed E-state index contributed by atoms with van der Waals surface area (Å²) in [6.07, 6.45) is 1.63. The minimum absolute atomic E-state index is 0.183. The van der Waals surface area contributed by atoms with Crippen LogP contribution >= 0.6 is 0 Å². The zero-order valence-corrected chi connectivity index (χ0v) is 10.8. The molecule has 0 saturated heterocycles. The molecule has 0 N–H and O–H groups in total. The van der Waals surface area contributed by atoms with Crippen molar-refractivity contribution in [2.75, 3.05) is 0 Å². The van der Waals surface area contributed by atoms with Gasteiger partial charge in [-0.05, 0) is 49.7 Å². The fourth-order valence-corrected chi connectivity index (χ4v) is 2.06. The number of aromatic nitrogens is 1. The first-order valence-electron chi connectivity index (χ1n) is 6.11. The maximum atomic E-state index is 12.3. The van der Waals surface area contributed by atoms with Crippen LogP contribution in [0, 0.1) is 13.8 Å². The highest BCUT2D eigenvalue weighted by atomic mass is 16.3. The molecule has 0 saturated carbocycles. The third-order valence-electron chi connectivity index (χ3n) is 3.04. The molecule has 3 nitrogen and oxygen atoms in total. The molecule has 94 valence electrons. The Bertz CT molecular complexity index is 771. The third-order valence-corrected chi connectivity index (χ3v) is 3.04. The second-order valence-electron chi connectivity index (χ2n) is 4.70. The van der Waals surface area contributed by atoms with Crippen LogP contribution in [0.2, 0.25) is 0 Å². The molecule has 2 aromatic heterocycles. The standard InChI is InChI=1S/C16H13NO2/c1-10-3-4-14-12(7-10)9-15(19-14)16(18)13-8-11(2)5-6-17-13/h3-9H,1-2H3. The predicted molar refractivity (Wildman–Crippen MR) is 73.4 cm³/mol. The highest BCUT2D eigenvalue weighted by Gasteiger charge is 2.15. The van der Waals surface area contributed by atoms with Gasteiger partial charge in [0.25, 0.3) is 0 Å². The van der Waals surface area contributed by atoms with Crippen molar-refractivity contribution in [3.05, 3.63) is 65.2 Å². The quantitative estimate of drug-likeness (QED) is 0.652. The van der Waals surface area contributed by atoms with Crippen LogP contribution in [0.15, 0.2) is 47.0 Å². The molecule has 2 heterocycles. The fourth-order valence-electron chi connectivity index (χ4n) is 2.06. The molecule has 0 aliphatic heterocycles. The maximum absolute atomic E-state index is 12.3. The number of carbonyl (C=O) groups is 1. The first-order chi connectivity index (χ1) is 9.13. The van der Waals surface area contributed by atoms with Crippen molar-refractivity contribution in [1.82, 2.24) is 4.98 Å². The van der Waals surface area contributed by atoms with Crippen LogP contribution in [0.1, 0.15) is 27.4 Å². The van der Waals surface area contributed by atoms with Gasteiger partial charge in [0.1, 0.15) is 11.3 Å². The van der Waals surface area contributed by atoms with Gasteiger partial charge in [-0.3, -0.25) is 9.78 Å². The van der Waals surface area contributed by atoms with E-state index in [1.165, 1.54) is 0 Å². The predicted octanol–water partition coefficient (Wildman–Crippen LogP) is 3.68. The Labute approximate surface area is 110 Å². The largest absolute Gasteiger partial charge is 0.453 e. The van der Waals surface area contributed by atoms with Crippen molar-refractivity contribution in [2.24, 2.45) is 0 Å². The van der Waals surface area contributed by atoms with Gasteiger partial charge in [0.05, 0.1) is 0 Å². The van der Waals surface area contributed by atoms with E-state index in [0.717, 1.165) is 22.1 Å². The second kappa shape index (κ2) is 4.35. The number of hydrogen-bond donors (Lipinski definition) is 0. The summed E-state index contributed by atoms with van der Waals surface area (Å²) in [6.45, 7) is 3.94. The number of benzene rings is 1. The fraction of sp³-hybridized carbons (Fsp3) is 0.125. The summed E-state index contributed by atoms with van der Waals surface area (Å²) in [5, 5.41) is 0.941. The summed E-state index contributed by atoms with van der Waals surface area (Å²) in [7, 11) is 0. The van der Waals surface area contributed by atoms with E-state index in [-0.39, 0.29) is 5.78 Å². The van der Waals surface area contributed by atoms with Gasteiger partial charge in [0.15, 0.2) is 5.76 Å². The average Bonchev–Trinajstić information content (AvgIpc) is 2.80. The Morgan fingerprint density at radius 3 is 2.63 bits per heavy atom. The van der Waals surface area contributed by atoms with Crippen molar-refractivity contribution in [2.45, 2.75) is 13.8 Å². The van der Waals surface area contributed by atoms with Crippen molar-refractivity contribution in [3.63, 3.8) is 0 Å². The Kier molecular flexibility index (Phi) is 2.67. The van der Waals surface area contributed by atoms with Crippen LogP contribution < -0.4 is 0 Å². The number of rotatable bonds is 2. The molecule has 0 aliphatic carbocycles. The van der Waals surface area contributed by atoms with Gasteiger partial charge in [0.2, 0.25) is 5.78 Å². The van der Waals surface area contributed by atoms with Gasteiger partial charge in [-0.15, -0.1) is 0 Å².